The molecule has 0 radical (unpaired) electrons. The lowest BCUT2D eigenvalue weighted by molar-refractivity contribution is 0.411. The molecule has 0 saturated carbocycles. The molecule has 2 heterocycles. The number of aliphatic imine (C=N–C) groups is 1. The van der Waals surface area contributed by atoms with Crippen LogP contribution in [0.5, 0.6) is 5.88 Å². The van der Waals surface area contributed by atoms with Gasteiger partial charge in [0.15, 0.2) is 23.3 Å². The second-order valence-electron chi connectivity index (χ2n) is 6.20. The number of H-pyrrole nitrogens is 1. The number of rotatable bonds is 3. The minimum atomic E-state index is -1.67. The van der Waals surface area contributed by atoms with Gasteiger partial charge in [-0.25, -0.2) is 22.4 Å². The summed E-state index contributed by atoms with van der Waals surface area (Å²) in [4.78, 5) is 18.5. The molecule has 0 fully saturated rings. The lowest BCUT2D eigenvalue weighted by atomic mass is 10.1. The molecule has 29 heavy (non-hydrogen) atoms. The summed E-state index contributed by atoms with van der Waals surface area (Å²) in [5.74, 6) is -5.77. The first-order valence-electron chi connectivity index (χ1n) is 8.16. The molecular formula is C19H10ClF4N3O2. The summed E-state index contributed by atoms with van der Waals surface area (Å²) < 4.78 is 55.1. The quantitative estimate of drug-likeness (QED) is 0.484. The Hall–Kier alpha value is -3.33. The Bertz CT molecular complexity index is 1280. The van der Waals surface area contributed by atoms with Gasteiger partial charge >= 0.3 is 5.69 Å². The lowest BCUT2D eigenvalue weighted by Crippen LogP contribution is -2.18. The third-order valence-corrected chi connectivity index (χ3v) is 4.73. The maximum atomic E-state index is 14.0. The summed E-state index contributed by atoms with van der Waals surface area (Å²) in [7, 11) is 0. The number of allylic oxidation sites excluding steroid dienone is 1. The number of nitrogens with one attached hydrogen (secondary N) is 1. The van der Waals surface area contributed by atoms with Crippen LogP contribution in [0.15, 0.2) is 34.1 Å². The van der Waals surface area contributed by atoms with Crippen molar-refractivity contribution in [3.8, 4) is 5.88 Å². The molecule has 2 N–H and O–H groups in total. The van der Waals surface area contributed by atoms with Gasteiger partial charge in [-0.05, 0) is 18.2 Å². The number of imidazole rings is 1. The number of fused-ring (bicyclic) bond motifs is 1. The molecule has 0 amide bonds. The van der Waals surface area contributed by atoms with Gasteiger partial charge in [0.2, 0.25) is 5.88 Å². The summed E-state index contributed by atoms with van der Waals surface area (Å²) in [6.45, 7) is -0.539. The fourth-order valence-corrected chi connectivity index (χ4v) is 3.11. The van der Waals surface area contributed by atoms with Crippen LogP contribution in [0.1, 0.15) is 16.8 Å². The summed E-state index contributed by atoms with van der Waals surface area (Å²) in [5.41, 5.74) is -0.388. The van der Waals surface area contributed by atoms with Crippen molar-refractivity contribution in [3.05, 3.63) is 79.9 Å². The number of aromatic nitrogens is 2. The minimum absolute atomic E-state index is 0.0221. The average molecular weight is 424 g/mol. The van der Waals surface area contributed by atoms with E-state index in [1.165, 1.54) is 24.4 Å². The minimum Gasteiger partial charge on any atom is -0.493 e. The topological polar surface area (TPSA) is 70.4 Å². The normalized spacial score (nSPS) is 14.0. The number of hydrogen-bond donors (Lipinski definition) is 2. The maximum absolute atomic E-state index is 14.0. The second kappa shape index (κ2) is 6.93. The third kappa shape index (κ3) is 3.13. The lowest BCUT2D eigenvalue weighted by Gasteiger charge is -2.06. The van der Waals surface area contributed by atoms with Gasteiger partial charge in [-0.2, -0.15) is 0 Å². The molecule has 0 bridgehead atoms. The fraction of sp³-hybridized carbons (Fsp3) is 0.0526. The first kappa shape index (κ1) is 19.0. The number of aromatic amines is 1. The molecule has 0 unspecified atom stereocenters. The van der Waals surface area contributed by atoms with E-state index in [4.69, 9.17) is 11.6 Å². The molecule has 3 aromatic rings. The van der Waals surface area contributed by atoms with E-state index in [0.29, 0.717) is 11.1 Å². The van der Waals surface area contributed by atoms with Crippen LogP contribution in [0.25, 0.3) is 11.6 Å². The van der Waals surface area contributed by atoms with Crippen molar-refractivity contribution in [1.29, 1.82) is 0 Å². The van der Waals surface area contributed by atoms with Crippen molar-refractivity contribution >= 4 is 35.2 Å². The smallest absolute Gasteiger partial charge is 0.329 e. The van der Waals surface area contributed by atoms with Gasteiger partial charge in [0.1, 0.15) is 11.4 Å². The largest absolute Gasteiger partial charge is 0.493 e. The van der Waals surface area contributed by atoms with E-state index in [1.54, 1.807) is 0 Å². The van der Waals surface area contributed by atoms with Crippen molar-refractivity contribution in [2.24, 2.45) is 4.99 Å². The Morgan fingerprint density at radius 2 is 1.86 bits per heavy atom. The molecule has 1 aliphatic heterocycles. The van der Waals surface area contributed by atoms with Gasteiger partial charge in [-0.1, -0.05) is 23.7 Å². The number of nitrogens with zero attached hydrogens (tertiary/aromatic N) is 2. The van der Waals surface area contributed by atoms with Crippen LogP contribution in [0, 0.1) is 23.3 Å². The van der Waals surface area contributed by atoms with E-state index < -0.39 is 41.4 Å². The molecule has 5 nitrogen and oxygen atoms in total. The molecule has 0 aliphatic carbocycles. The molecule has 0 spiro atoms. The van der Waals surface area contributed by atoms with E-state index in [9.17, 15) is 27.5 Å². The van der Waals surface area contributed by atoms with Crippen molar-refractivity contribution in [2.75, 3.05) is 0 Å². The highest BCUT2D eigenvalue weighted by atomic mass is 35.5. The number of benzene rings is 2. The van der Waals surface area contributed by atoms with Crippen LogP contribution in [0.2, 0.25) is 5.02 Å². The Kier molecular flexibility index (Phi) is 4.54. The summed E-state index contributed by atoms with van der Waals surface area (Å²) in [6, 6.07) is 4.56. The van der Waals surface area contributed by atoms with Gasteiger partial charge in [0.25, 0.3) is 0 Å². The Morgan fingerprint density at radius 3 is 2.62 bits per heavy atom. The molecule has 0 atom stereocenters. The molecule has 2 aromatic carbocycles. The summed E-state index contributed by atoms with van der Waals surface area (Å²) in [6.07, 6.45) is 2.67. The zero-order chi connectivity index (χ0) is 20.9. The highest BCUT2D eigenvalue weighted by Gasteiger charge is 2.21. The molecule has 148 valence electrons. The van der Waals surface area contributed by atoms with Gasteiger partial charge in [-0.15, -0.1) is 0 Å². The third-order valence-electron chi connectivity index (χ3n) is 4.44. The van der Waals surface area contributed by atoms with E-state index in [-0.39, 0.29) is 22.0 Å². The maximum Gasteiger partial charge on any atom is 0.329 e. The first-order valence-corrected chi connectivity index (χ1v) is 8.54. The Labute approximate surface area is 165 Å². The highest BCUT2D eigenvalue weighted by Crippen LogP contribution is 2.38. The molecule has 1 aliphatic rings. The predicted octanol–water partition coefficient (Wildman–Crippen LogP) is 4.40. The van der Waals surface area contributed by atoms with Crippen molar-refractivity contribution in [3.63, 3.8) is 0 Å². The van der Waals surface area contributed by atoms with Gasteiger partial charge in [0, 0.05) is 22.9 Å². The SMILES string of the molecule is O=c1[nH]c(/C=C2\C=Nc3c2ccc(Cl)c3F)c(O)n1Cc1ccc(F)c(F)c1F. The van der Waals surface area contributed by atoms with Crippen molar-refractivity contribution < 1.29 is 22.7 Å². The molecule has 4 rings (SSSR count). The van der Waals surface area contributed by atoms with Crippen LogP contribution in [0.4, 0.5) is 23.2 Å². The number of aromatic hydroxyl groups is 1. The van der Waals surface area contributed by atoms with E-state index in [2.05, 4.69) is 9.98 Å². The summed E-state index contributed by atoms with van der Waals surface area (Å²) >= 11 is 5.72. The van der Waals surface area contributed by atoms with Gasteiger partial charge < -0.3 is 10.1 Å². The van der Waals surface area contributed by atoms with E-state index >= 15 is 0 Å². The van der Waals surface area contributed by atoms with Crippen molar-refractivity contribution in [2.45, 2.75) is 6.54 Å². The monoisotopic (exact) mass is 423 g/mol. The van der Waals surface area contributed by atoms with Crippen molar-refractivity contribution in [1.82, 2.24) is 9.55 Å². The predicted molar refractivity (Wildman–Crippen MR) is 99.6 cm³/mol. The molecular weight excluding hydrogens is 414 g/mol. The average Bonchev–Trinajstić information content (AvgIpc) is 3.21. The van der Waals surface area contributed by atoms with E-state index in [1.807, 2.05) is 0 Å². The van der Waals surface area contributed by atoms with Crippen LogP contribution in [0.3, 0.4) is 0 Å². The number of hydrogen-bond acceptors (Lipinski definition) is 3. The second-order valence-corrected chi connectivity index (χ2v) is 6.61. The van der Waals surface area contributed by atoms with Gasteiger partial charge in [0.05, 0.1) is 11.6 Å². The van der Waals surface area contributed by atoms with Crippen LogP contribution in [-0.4, -0.2) is 20.9 Å². The Morgan fingerprint density at radius 1 is 1.10 bits per heavy atom. The van der Waals surface area contributed by atoms with Crippen LogP contribution < -0.4 is 5.69 Å². The Balaban J connectivity index is 1.73. The highest BCUT2D eigenvalue weighted by molar-refractivity contribution is 6.31. The molecule has 0 saturated heterocycles. The molecule has 1 aromatic heterocycles. The number of halogens is 5. The van der Waals surface area contributed by atoms with Crippen LogP contribution in [-0.2, 0) is 6.54 Å². The van der Waals surface area contributed by atoms with Crippen LogP contribution >= 0.6 is 11.6 Å². The van der Waals surface area contributed by atoms with Gasteiger partial charge in [-0.3, -0.25) is 9.56 Å². The zero-order valence-electron chi connectivity index (χ0n) is 14.3. The fourth-order valence-electron chi connectivity index (χ4n) is 2.96. The zero-order valence-corrected chi connectivity index (χ0v) is 15.1. The first-order chi connectivity index (χ1) is 13.8. The van der Waals surface area contributed by atoms with E-state index in [0.717, 1.165) is 16.7 Å². The summed E-state index contributed by atoms with van der Waals surface area (Å²) in [5, 5.41) is 10.3. The standard InChI is InChI=1S/C19H10ClF4N3O2/c20-11-3-2-10-9(6-25-17(10)15(11)23)5-13-18(28)27(19(29)26-13)7-8-1-4-12(21)16(24)14(8)22/h1-6,28H,7H2,(H,26,29)/b9-5+. The molecule has 10 heteroatoms.